The Balaban J connectivity index is 1.48. The number of anilines is 1. The van der Waals surface area contributed by atoms with E-state index in [0.717, 1.165) is 23.7 Å². The summed E-state index contributed by atoms with van der Waals surface area (Å²) in [5.41, 5.74) is 3.58. The summed E-state index contributed by atoms with van der Waals surface area (Å²) in [6, 6.07) is 22.1. The van der Waals surface area contributed by atoms with Crippen LogP contribution < -0.4 is 15.0 Å². The van der Waals surface area contributed by atoms with E-state index in [1.54, 1.807) is 0 Å². The van der Waals surface area contributed by atoms with Crippen molar-refractivity contribution in [3.8, 4) is 11.5 Å². The molecule has 1 N–H and O–H groups in total. The van der Waals surface area contributed by atoms with Crippen LogP contribution in [0, 0.1) is 0 Å². The SMILES string of the molecule is CC1=CC=CN(c2ccc(Oc3ccccc3)cc2)C1NCc1ccncc1. The van der Waals surface area contributed by atoms with Gasteiger partial charge in [-0.3, -0.25) is 10.3 Å². The van der Waals surface area contributed by atoms with E-state index in [1.807, 2.05) is 67.0 Å². The molecule has 0 radical (unpaired) electrons. The molecular weight excluding hydrogens is 346 g/mol. The van der Waals surface area contributed by atoms with Gasteiger partial charge in [-0.1, -0.05) is 24.3 Å². The fraction of sp³-hybridized carbons (Fsp3) is 0.125. The molecule has 4 rings (SSSR count). The Morgan fingerprint density at radius 3 is 2.39 bits per heavy atom. The van der Waals surface area contributed by atoms with E-state index >= 15 is 0 Å². The van der Waals surface area contributed by atoms with Gasteiger partial charge < -0.3 is 9.64 Å². The molecule has 1 unspecified atom stereocenters. The van der Waals surface area contributed by atoms with Gasteiger partial charge in [0.15, 0.2) is 0 Å². The molecule has 4 nitrogen and oxygen atoms in total. The molecule has 2 aromatic carbocycles. The quantitative estimate of drug-likeness (QED) is 0.642. The third kappa shape index (κ3) is 4.30. The number of hydrogen-bond donors (Lipinski definition) is 1. The first-order valence-corrected chi connectivity index (χ1v) is 9.38. The molecule has 0 amide bonds. The molecule has 1 atom stereocenters. The number of hydrogen-bond acceptors (Lipinski definition) is 4. The van der Waals surface area contributed by atoms with Gasteiger partial charge in [0.2, 0.25) is 0 Å². The minimum atomic E-state index is 0.0963. The summed E-state index contributed by atoms with van der Waals surface area (Å²) in [4.78, 5) is 6.32. The van der Waals surface area contributed by atoms with Crippen LogP contribution >= 0.6 is 0 Å². The third-order valence-electron chi connectivity index (χ3n) is 4.68. The molecule has 1 aliphatic heterocycles. The topological polar surface area (TPSA) is 37.4 Å². The molecule has 3 aromatic rings. The summed E-state index contributed by atoms with van der Waals surface area (Å²) in [5, 5.41) is 3.64. The molecule has 0 bridgehead atoms. The van der Waals surface area contributed by atoms with Crippen molar-refractivity contribution in [2.24, 2.45) is 0 Å². The Morgan fingerprint density at radius 1 is 0.929 bits per heavy atom. The van der Waals surface area contributed by atoms with Crippen molar-refractivity contribution >= 4 is 5.69 Å². The van der Waals surface area contributed by atoms with Crippen LogP contribution in [0.15, 0.2) is 103 Å². The molecule has 2 heterocycles. The standard InChI is InChI=1S/C24H23N3O/c1-19-6-5-17-27(24(19)26-18-20-13-15-25-16-14-20)21-9-11-23(12-10-21)28-22-7-3-2-4-8-22/h2-17,24,26H,18H2,1H3. The van der Waals surface area contributed by atoms with Gasteiger partial charge in [0.1, 0.15) is 17.7 Å². The highest BCUT2D eigenvalue weighted by atomic mass is 16.5. The van der Waals surface area contributed by atoms with E-state index < -0.39 is 0 Å². The summed E-state index contributed by atoms with van der Waals surface area (Å²) in [6.45, 7) is 2.92. The summed E-state index contributed by atoms with van der Waals surface area (Å²) in [5.74, 6) is 1.66. The van der Waals surface area contributed by atoms with E-state index in [2.05, 4.69) is 52.6 Å². The van der Waals surface area contributed by atoms with Gasteiger partial charge >= 0.3 is 0 Å². The fourth-order valence-corrected chi connectivity index (χ4v) is 3.20. The molecule has 0 aliphatic carbocycles. The largest absolute Gasteiger partial charge is 0.457 e. The Morgan fingerprint density at radius 2 is 1.64 bits per heavy atom. The van der Waals surface area contributed by atoms with E-state index in [4.69, 9.17) is 4.74 Å². The average Bonchev–Trinajstić information content (AvgIpc) is 2.75. The lowest BCUT2D eigenvalue weighted by Gasteiger charge is -2.34. The van der Waals surface area contributed by atoms with E-state index in [0.29, 0.717) is 0 Å². The number of pyridine rings is 1. The van der Waals surface area contributed by atoms with Gasteiger partial charge in [0.05, 0.1) is 0 Å². The van der Waals surface area contributed by atoms with Crippen LogP contribution in [0.5, 0.6) is 11.5 Å². The number of nitrogens with zero attached hydrogens (tertiary/aromatic N) is 2. The smallest absolute Gasteiger partial charge is 0.127 e. The first-order valence-electron chi connectivity index (χ1n) is 9.38. The van der Waals surface area contributed by atoms with Crippen molar-refractivity contribution in [3.63, 3.8) is 0 Å². The zero-order valence-corrected chi connectivity index (χ0v) is 15.8. The van der Waals surface area contributed by atoms with Crippen LogP contribution in [0.4, 0.5) is 5.69 Å². The van der Waals surface area contributed by atoms with Crippen molar-refractivity contribution in [3.05, 3.63) is 109 Å². The predicted molar refractivity (Wildman–Crippen MR) is 113 cm³/mol. The number of allylic oxidation sites excluding steroid dienone is 2. The second-order valence-electron chi connectivity index (χ2n) is 6.71. The van der Waals surface area contributed by atoms with Crippen molar-refractivity contribution in [1.29, 1.82) is 0 Å². The number of ether oxygens (including phenoxy) is 1. The van der Waals surface area contributed by atoms with E-state index in [-0.39, 0.29) is 6.17 Å². The summed E-state index contributed by atoms with van der Waals surface area (Å²) >= 11 is 0. The highest BCUT2D eigenvalue weighted by Crippen LogP contribution is 2.27. The van der Waals surface area contributed by atoms with Gasteiger partial charge in [-0.15, -0.1) is 0 Å². The molecule has 0 saturated carbocycles. The van der Waals surface area contributed by atoms with Crippen molar-refractivity contribution in [2.75, 3.05) is 4.90 Å². The van der Waals surface area contributed by atoms with Crippen LogP contribution in [0.25, 0.3) is 0 Å². The Kier molecular flexibility index (Phi) is 5.50. The normalized spacial score (nSPS) is 16.0. The Labute approximate surface area is 165 Å². The van der Waals surface area contributed by atoms with Gasteiger partial charge in [-0.2, -0.15) is 0 Å². The monoisotopic (exact) mass is 369 g/mol. The molecule has 1 aliphatic rings. The summed E-state index contributed by atoms with van der Waals surface area (Å²) in [7, 11) is 0. The number of rotatable bonds is 6. The highest BCUT2D eigenvalue weighted by Gasteiger charge is 2.20. The Hall–Kier alpha value is -3.37. The van der Waals surface area contributed by atoms with Crippen LogP contribution in [-0.4, -0.2) is 11.1 Å². The van der Waals surface area contributed by atoms with Gasteiger partial charge in [-0.05, 0) is 72.7 Å². The van der Waals surface area contributed by atoms with E-state index in [1.165, 1.54) is 11.1 Å². The molecule has 0 saturated heterocycles. The number of benzene rings is 2. The molecule has 28 heavy (non-hydrogen) atoms. The third-order valence-corrected chi connectivity index (χ3v) is 4.68. The van der Waals surface area contributed by atoms with Gasteiger partial charge in [0.25, 0.3) is 0 Å². The maximum absolute atomic E-state index is 5.90. The summed E-state index contributed by atoms with van der Waals surface area (Å²) < 4.78 is 5.90. The Bertz CT molecular complexity index is 950. The van der Waals surface area contributed by atoms with Crippen molar-refractivity contribution in [1.82, 2.24) is 10.3 Å². The first kappa shape index (κ1) is 18.0. The van der Waals surface area contributed by atoms with Gasteiger partial charge in [-0.25, -0.2) is 0 Å². The molecule has 0 fully saturated rings. The zero-order valence-electron chi connectivity index (χ0n) is 15.8. The maximum atomic E-state index is 5.90. The minimum absolute atomic E-state index is 0.0963. The van der Waals surface area contributed by atoms with Crippen molar-refractivity contribution < 1.29 is 4.74 Å². The lowest BCUT2D eigenvalue weighted by molar-refractivity contribution is 0.482. The average molecular weight is 369 g/mol. The van der Waals surface area contributed by atoms with Crippen LogP contribution in [0.1, 0.15) is 12.5 Å². The molecular formula is C24H23N3O. The second-order valence-corrected chi connectivity index (χ2v) is 6.71. The van der Waals surface area contributed by atoms with Crippen LogP contribution in [0.2, 0.25) is 0 Å². The number of nitrogens with one attached hydrogen (secondary N) is 1. The number of para-hydroxylation sites is 1. The number of aromatic nitrogens is 1. The first-order chi connectivity index (χ1) is 13.8. The van der Waals surface area contributed by atoms with Crippen LogP contribution in [-0.2, 0) is 6.54 Å². The van der Waals surface area contributed by atoms with Gasteiger partial charge in [0, 0.05) is 30.8 Å². The molecule has 1 aromatic heterocycles. The molecule has 140 valence electrons. The lowest BCUT2D eigenvalue weighted by Crippen LogP contribution is -2.44. The molecule has 0 spiro atoms. The highest BCUT2D eigenvalue weighted by molar-refractivity contribution is 5.56. The second kappa shape index (κ2) is 8.55. The molecule has 4 heteroatoms. The van der Waals surface area contributed by atoms with Crippen LogP contribution in [0.3, 0.4) is 0 Å². The minimum Gasteiger partial charge on any atom is -0.457 e. The lowest BCUT2D eigenvalue weighted by atomic mass is 10.1. The zero-order chi connectivity index (χ0) is 19.2. The summed E-state index contributed by atoms with van der Waals surface area (Å²) in [6.07, 6.45) is 10.1. The van der Waals surface area contributed by atoms with Crippen molar-refractivity contribution in [2.45, 2.75) is 19.6 Å². The fourth-order valence-electron chi connectivity index (χ4n) is 3.20. The maximum Gasteiger partial charge on any atom is 0.127 e. The van der Waals surface area contributed by atoms with E-state index in [9.17, 15) is 0 Å². The predicted octanol–water partition coefficient (Wildman–Crippen LogP) is 5.27.